The van der Waals surface area contributed by atoms with E-state index in [9.17, 15) is 33.1 Å². The SMILES string of the molecule is CCOC1CC(C)C(=O)C2(N3C=CC(c4ccccc4C(F)(F)F)C(C(=O)O)=C3C)C(C)(C)C12C#N. The third-order valence-electron chi connectivity index (χ3n) is 8.48. The van der Waals surface area contributed by atoms with Crippen LogP contribution in [0.25, 0.3) is 0 Å². The van der Waals surface area contributed by atoms with Crippen LogP contribution in [0.3, 0.4) is 0 Å². The van der Waals surface area contributed by atoms with Gasteiger partial charge in [-0.3, -0.25) is 4.79 Å². The minimum Gasteiger partial charge on any atom is -0.478 e. The molecule has 5 unspecified atom stereocenters. The molecule has 192 valence electrons. The number of hydrogen-bond donors (Lipinski definition) is 1. The Morgan fingerprint density at radius 2 is 1.94 bits per heavy atom. The highest BCUT2D eigenvalue weighted by Gasteiger charge is 2.93. The van der Waals surface area contributed by atoms with Crippen LogP contribution in [0.15, 0.2) is 47.8 Å². The molecule has 1 aromatic carbocycles. The molecule has 3 aliphatic rings. The minimum absolute atomic E-state index is 0.134. The molecular formula is C27H29F3N2O4. The highest BCUT2D eigenvalue weighted by Crippen LogP contribution is 2.80. The normalized spacial score (nSPS) is 33.2. The number of benzene rings is 1. The molecular weight excluding hydrogens is 473 g/mol. The second-order valence-corrected chi connectivity index (χ2v) is 10.3. The number of alkyl halides is 3. The Morgan fingerprint density at radius 1 is 1.31 bits per heavy atom. The van der Waals surface area contributed by atoms with Gasteiger partial charge in [0.25, 0.3) is 0 Å². The summed E-state index contributed by atoms with van der Waals surface area (Å²) >= 11 is 0. The second-order valence-electron chi connectivity index (χ2n) is 10.3. The summed E-state index contributed by atoms with van der Waals surface area (Å²) in [6.45, 7) is 8.99. The van der Waals surface area contributed by atoms with Crippen molar-refractivity contribution in [1.29, 1.82) is 5.26 Å². The van der Waals surface area contributed by atoms with Gasteiger partial charge in [0.1, 0.15) is 11.0 Å². The van der Waals surface area contributed by atoms with E-state index >= 15 is 0 Å². The van der Waals surface area contributed by atoms with Gasteiger partial charge < -0.3 is 14.7 Å². The van der Waals surface area contributed by atoms with E-state index in [0.29, 0.717) is 13.0 Å². The number of rotatable bonds is 5. The van der Waals surface area contributed by atoms with Crippen molar-refractivity contribution < 1.29 is 32.6 Å². The Balaban J connectivity index is 1.93. The van der Waals surface area contributed by atoms with Gasteiger partial charge in [0.05, 0.1) is 23.3 Å². The lowest BCUT2D eigenvalue weighted by Crippen LogP contribution is -2.55. The summed E-state index contributed by atoms with van der Waals surface area (Å²) in [5, 5.41) is 20.6. The maximum Gasteiger partial charge on any atom is 0.416 e. The third-order valence-corrected chi connectivity index (χ3v) is 8.48. The number of ether oxygens (including phenoxy) is 1. The minimum atomic E-state index is -4.67. The van der Waals surface area contributed by atoms with Crippen molar-refractivity contribution >= 4 is 11.8 Å². The van der Waals surface area contributed by atoms with Crippen molar-refractivity contribution in [2.24, 2.45) is 16.7 Å². The fourth-order valence-corrected chi connectivity index (χ4v) is 6.95. The molecule has 1 heterocycles. The van der Waals surface area contributed by atoms with E-state index in [4.69, 9.17) is 4.74 Å². The topological polar surface area (TPSA) is 90.6 Å². The Kier molecular flexibility index (Phi) is 5.91. The Hall–Kier alpha value is -3.12. The molecule has 0 radical (unpaired) electrons. The summed E-state index contributed by atoms with van der Waals surface area (Å²) in [6, 6.07) is 7.24. The fourth-order valence-electron chi connectivity index (χ4n) is 6.95. The fraction of sp³-hybridized carbons (Fsp3) is 0.519. The average molecular weight is 503 g/mol. The highest BCUT2D eigenvalue weighted by molar-refractivity contribution is 6.00. The average Bonchev–Trinajstić information content (AvgIpc) is 3.27. The molecule has 6 nitrogen and oxygen atoms in total. The largest absolute Gasteiger partial charge is 0.478 e. The lowest BCUT2D eigenvalue weighted by Gasteiger charge is -2.43. The van der Waals surface area contributed by atoms with Crippen LogP contribution < -0.4 is 0 Å². The quantitative estimate of drug-likeness (QED) is 0.589. The zero-order chi connectivity index (χ0) is 26.8. The van der Waals surface area contributed by atoms with Crippen LogP contribution >= 0.6 is 0 Å². The van der Waals surface area contributed by atoms with E-state index in [-0.39, 0.29) is 22.6 Å². The molecule has 0 saturated heterocycles. The first-order valence-corrected chi connectivity index (χ1v) is 11.9. The molecule has 0 amide bonds. The summed E-state index contributed by atoms with van der Waals surface area (Å²) < 4.78 is 47.3. The smallest absolute Gasteiger partial charge is 0.416 e. The first-order valence-electron chi connectivity index (χ1n) is 11.9. The number of halogens is 3. The summed E-state index contributed by atoms with van der Waals surface area (Å²) in [5.74, 6) is -3.24. The summed E-state index contributed by atoms with van der Waals surface area (Å²) in [4.78, 5) is 27.9. The van der Waals surface area contributed by atoms with Crippen molar-refractivity contribution in [2.45, 2.75) is 64.8 Å². The number of carboxylic acids is 1. The number of nitriles is 1. The van der Waals surface area contributed by atoms with Gasteiger partial charge in [-0.2, -0.15) is 18.4 Å². The van der Waals surface area contributed by atoms with Crippen molar-refractivity contribution in [2.75, 3.05) is 6.61 Å². The van der Waals surface area contributed by atoms with Gasteiger partial charge in [-0.15, -0.1) is 0 Å². The predicted octanol–water partition coefficient (Wildman–Crippen LogP) is 5.28. The van der Waals surface area contributed by atoms with Crippen LogP contribution in [0.1, 0.15) is 58.1 Å². The molecule has 2 saturated carbocycles. The van der Waals surface area contributed by atoms with Crippen molar-refractivity contribution in [3.05, 3.63) is 58.9 Å². The lowest BCUT2D eigenvalue weighted by atomic mass is 9.74. The van der Waals surface area contributed by atoms with Crippen molar-refractivity contribution in [3.8, 4) is 6.07 Å². The zero-order valence-electron chi connectivity index (χ0n) is 20.8. The first-order chi connectivity index (χ1) is 16.8. The number of carbonyl (C=O) groups is 2. The highest BCUT2D eigenvalue weighted by atomic mass is 19.4. The lowest BCUT2D eigenvalue weighted by molar-refractivity contribution is -0.139. The summed E-state index contributed by atoms with van der Waals surface area (Å²) in [5.41, 5.74) is -4.83. The molecule has 36 heavy (non-hydrogen) atoms. The first kappa shape index (κ1) is 26.0. The van der Waals surface area contributed by atoms with Crippen LogP contribution in [-0.2, 0) is 20.5 Å². The number of carbonyl (C=O) groups excluding carboxylic acids is 1. The van der Waals surface area contributed by atoms with Crippen molar-refractivity contribution in [1.82, 2.24) is 4.90 Å². The van der Waals surface area contributed by atoms with E-state index in [0.717, 1.165) is 6.07 Å². The number of carboxylic acid groups (broad SMARTS) is 1. The Bertz CT molecular complexity index is 1230. The molecule has 1 aromatic rings. The van der Waals surface area contributed by atoms with Crippen molar-refractivity contribution in [3.63, 3.8) is 0 Å². The number of nitrogens with zero attached hydrogens (tertiary/aromatic N) is 2. The predicted molar refractivity (Wildman–Crippen MR) is 124 cm³/mol. The molecule has 9 heteroatoms. The van der Waals surface area contributed by atoms with Crippen LogP contribution in [0.5, 0.6) is 0 Å². The van der Waals surface area contributed by atoms with E-state index in [1.54, 1.807) is 27.7 Å². The van der Waals surface area contributed by atoms with Gasteiger partial charge in [0, 0.05) is 35.8 Å². The maximum absolute atomic E-state index is 13.9. The van der Waals surface area contributed by atoms with Crippen LogP contribution in [0.2, 0.25) is 0 Å². The molecule has 0 aromatic heterocycles. The standard InChI is InChI=1S/C27H29F3N2O4/c1-6-36-20-13-15(2)22(33)26(24(4,5)25(20,26)14-31)32-12-11-18(21(16(32)3)23(34)35)17-9-7-8-10-19(17)27(28,29)30/h7-12,15,18,20H,6,13H2,1-5H3,(H,34,35). The third kappa shape index (κ3) is 3.00. The number of hydrogen-bond acceptors (Lipinski definition) is 5. The van der Waals surface area contributed by atoms with E-state index < -0.39 is 52.0 Å². The van der Waals surface area contributed by atoms with E-state index in [1.807, 2.05) is 0 Å². The summed E-state index contributed by atoms with van der Waals surface area (Å²) in [7, 11) is 0. The molecule has 4 rings (SSSR count). The molecule has 5 atom stereocenters. The maximum atomic E-state index is 13.9. The van der Waals surface area contributed by atoms with Crippen LogP contribution in [0.4, 0.5) is 13.2 Å². The zero-order valence-corrected chi connectivity index (χ0v) is 20.8. The number of ketones is 1. The van der Waals surface area contributed by atoms with E-state index in [2.05, 4.69) is 6.07 Å². The van der Waals surface area contributed by atoms with Gasteiger partial charge in [-0.1, -0.05) is 45.0 Å². The Labute approximate surface area is 208 Å². The van der Waals surface area contributed by atoms with Crippen LogP contribution in [0, 0.1) is 28.1 Å². The second kappa shape index (κ2) is 8.20. The molecule has 1 N–H and O–H groups in total. The summed E-state index contributed by atoms with van der Waals surface area (Å²) in [6.07, 6.45) is -2.01. The van der Waals surface area contributed by atoms with Crippen LogP contribution in [-0.4, -0.2) is 40.0 Å². The number of aliphatic carboxylic acids is 1. The Morgan fingerprint density at radius 3 is 2.50 bits per heavy atom. The van der Waals surface area contributed by atoms with Gasteiger partial charge >= 0.3 is 12.1 Å². The number of Topliss-reactive ketones (excluding diaryl/α,β-unsaturated/α-hetero) is 1. The van der Waals surface area contributed by atoms with Gasteiger partial charge in [-0.05, 0) is 31.9 Å². The monoisotopic (exact) mass is 502 g/mol. The van der Waals surface area contributed by atoms with Gasteiger partial charge in [0.15, 0.2) is 5.78 Å². The molecule has 0 spiro atoms. The van der Waals surface area contributed by atoms with Gasteiger partial charge in [-0.25, -0.2) is 4.79 Å². The molecule has 0 bridgehead atoms. The number of allylic oxidation sites excluding steroid dienone is 2. The molecule has 1 aliphatic heterocycles. The molecule has 2 fully saturated rings. The van der Waals surface area contributed by atoms with E-state index in [1.165, 1.54) is 42.3 Å². The van der Waals surface area contributed by atoms with Gasteiger partial charge in [0.2, 0.25) is 0 Å². The number of fused-ring (bicyclic) bond motifs is 1. The molecule has 2 aliphatic carbocycles.